The quantitative estimate of drug-likeness (QED) is 0.687. The highest BCUT2D eigenvalue weighted by atomic mass is 16.3. The number of aliphatic hydroxyl groups excluding tert-OH is 1. The summed E-state index contributed by atoms with van der Waals surface area (Å²) in [6, 6.07) is 0.113. The molecule has 2 fully saturated rings. The molecule has 1 heterocycles. The van der Waals surface area contributed by atoms with Crippen molar-refractivity contribution in [1.29, 1.82) is 0 Å². The number of rotatable bonds is 2. The molecule has 0 radical (unpaired) electrons. The topological polar surface area (TPSA) is 40.5 Å². The van der Waals surface area contributed by atoms with Crippen molar-refractivity contribution in [3.63, 3.8) is 0 Å². The molecule has 0 spiro atoms. The van der Waals surface area contributed by atoms with Gasteiger partial charge in [-0.05, 0) is 32.1 Å². The number of carbonyl (C=O) groups excluding carboxylic acids is 1. The van der Waals surface area contributed by atoms with Crippen LogP contribution in [0.25, 0.3) is 0 Å². The van der Waals surface area contributed by atoms with E-state index in [2.05, 4.69) is 0 Å². The molecule has 1 aliphatic carbocycles. The molecule has 1 amide bonds. The highest BCUT2D eigenvalue weighted by Crippen LogP contribution is 2.33. The summed E-state index contributed by atoms with van der Waals surface area (Å²) in [6.45, 7) is 0.999. The van der Waals surface area contributed by atoms with Crippen LogP contribution >= 0.6 is 0 Å². The monoisotopic (exact) mass is 183 g/mol. The van der Waals surface area contributed by atoms with E-state index in [-0.39, 0.29) is 12.6 Å². The van der Waals surface area contributed by atoms with Crippen molar-refractivity contribution in [2.24, 2.45) is 5.92 Å². The van der Waals surface area contributed by atoms with Crippen LogP contribution in [0.4, 0.5) is 0 Å². The molecule has 13 heavy (non-hydrogen) atoms. The second kappa shape index (κ2) is 3.66. The van der Waals surface area contributed by atoms with E-state index >= 15 is 0 Å². The lowest BCUT2D eigenvalue weighted by molar-refractivity contribution is -0.137. The highest BCUT2D eigenvalue weighted by molar-refractivity contribution is 5.81. The lowest BCUT2D eigenvalue weighted by Crippen LogP contribution is -2.46. The zero-order valence-electron chi connectivity index (χ0n) is 7.91. The van der Waals surface area contributed by atoms with Gasteiger partial charge in [0.05, 0.1) is 12.6 Å². The standard InChI is InChI=1S/C10H17NO2/c12-7-9-3-1-2-6-11(9)10(13)8-4-5-8/h8-9,12H,1-7H2. The second-order valence-electron chi connectivity index (χ2n) is 4.14. The summed E-state index contributed by atoms with van der Waals surface area (Å²) in [6.07, 6.45) is 5.37. The fraction of sp³-hybridized carbons (Fsp3) is 0.900. The SMILES string of the molecule is O=C(C1CC1)N1CCCCC1CO. The van der Waals surface area contributed by atoms with Gasteiger partial charge >= 0.3 is 0 Å². The Kier molecular flexibility index (Phi) is 2.54. The Morgan fingerprint density at radius 3 is 2.69 bits per heavy atom. The Morgan fingerprint density at radius 1 is 1.31 bits per heavy atom. The van der Waals surface area contributed by atoms with E-state index in [1.807, 2.05) is 4.90 Å². The molecule has 74 valence electrons. The Morgan fingerprint density at radius 2 is 2.08 bits per heavy atom. The van der Waals surface area contributed by atoms with Gasteiger partial charge in [0.25, 0.3) is 0 Å². The zero-order valence-corrected chi connectivity index (χ0v) is 7.91. The highest BCUT2D eigenvalue weighted by Gasteiger charge is 2.36. The van der Waals surface area contributed by atoms with Gasteiger partial charge in [-0.2, -0.15) is 0 Å². The largest absolute Gasteiger partial charge is 0.394 e. The molecule has 0 aromatic heterocycles. The van der Waals surface area contributed by atoms with E-state index in [0.717, 1.165) is 38.6 Å². The van der Waals surface area contributed by atoms with Gasteiger partial charge in [-0.1, -0.05) is 0 Å². The predicted molar refractivity (Wildman–Crippen MR) is 49.2 cm³/mol. The Labute approximate surface area is 78.7 Å². The lowest BCUT2D eigenvalue weighted by Gasteiger charge is -2.34. The third-order valence-electron chi connectivity index (χ3n) is 3.05. The van der Waals surface area contributed by atoms with Crippen LogP contribution in [-0.2, 0) is 4.79 Å². The van der Waals surface area contributed by atoms with E-state index in [4.69, 9.17) is 5.11 Å². The Hall–Kier alpha value is -0.570. The first-order valence-electron chi connectivity index (χ1n) is 5.24. The maximum atomic E-state index is 11.7. The molecule has 1 atom stereocenters. The molecule has 0 aromatic carbocycles. The van der Waals surface area contributed by atoms with Crippen LogP contribution in [0.5, 0.6) is 0 Å². The average Bonchev–Trinajstić information content (AvgIpc) is 3.00. The van der Waals surface area contributed by atoms with Crippen molar-refractivity contribution in [3.8, 4) is 0 Å². The van der Waals surface area contributed by atoms with E-state index in [0.29, 0.717) is 11.8 Å². The van der Waals surface area contributed by atoms with Crippen LogP contribution in [0.2, 0.25) is 0 Å². The molecule has 2 aliphatic rings. The summed E-state index contributed by atoms with van der Waals surface area (Å²) in [5.41, 5.74) is 0. The fourth-order valence-corrected chi connectivity index (χ4v) is 2.05. The molecule has 1 N–H and O–H groups in total. The molecule has 1 saturated carbocycles. The molecular formula is C10H17NO2. The van der Waals surface area contributed by atoms with Crippen LogP contribution < -0.4 is 0 Å². The minimum Gasteiger partial charge on any atom is -0.394 e. The minimum absolute atomic E-state index is 0.113. The van der Waals surface area contributed by atoms with Crippen molar-refractivity contribution in [1.82, 2.24) is 4.90 Å². The number of amides is 1. The number of hydrogen-bond acceptors (Lipinski definition) is 2. The van der Waals surface area contributed by atoms with E-state index in [1.165, 1.54) is 0 Å². The van der Waals surface area contributed by atoms with Crippen LogP contribution in [0, 0.1) is 5.92 Å². The normalized spacial score (nSPS) is 29.0. The van der Waals surface area contributed by atoms with Crippen molar-refractivity contribution in [2.75, 3.05) is 13.2 Å². The molecule has 2 rings (SSSR count). The van der Waals surface area contributed by atoms with Gasteiger partial charge in [0.2, 0.25) is 5.91 Å². The summed E-state index contributed by atoms with van der Waals surface area (Å²) in [4.78, 5) is 13.6. The van der Waals surface area contributed by atoms with Crippen molar-refractivity contribution < 1.29 is 9.90 Å². The van der Waals surface area contributed by atoms with E-state index in [9.17, 15) is 4.79 Å². The van der Waals surface area contributed by atoms with Gasteiger partial charge in [-0.3, -0.25) is 4.79 Å². The smallest absolute Gasteiger partial charge is 0.226 e. The number of nitrogens with zero attached hydrogens (tertiary/aromatic N) is 1. The first-order chi connectivity index (χ1) is 6.33. The first kappa shape index (κ1) is 9.00. The van der Waals surface area contributed by atoms with Crippen molar-refractivity contribution in [3.05, 3.63) is 0 Å². The van der Waals surface area contributed by atoms with Gasteiger partial charge in [0, 0.05) is 12.5 Å². The maximum Gasteiger partial charge on any atom is 0.226 e. The molecule has 1 aliphatic heterocycles. The van der Waals surface area contributed by atoms with Crippen LogP contribution in [0.1, 0.15) is 32.1 Å². The van der Waals surface area contributed by atoms with Gasteiger partial charge in [-0.25, -0.2) is 0 Å². The molecule has 0 bridgehead atoms. The number of carbonyl (C=O) groups is 1. The number of hydrogen-bond donors (Lipinski definition) is 1. The molecule has 1 unspecified atom stereocenters. The predicted octanol–water partition coefficient (Wildman–Crippen LogP) is 0.770. The summed E-state index contributed by atoms with van der Waals surface area (Å²) in [5.74, 6) is 0.589. The Balaban J connectivity index is 1.96. The van der Waals surface area contributed by atoms with Gasteiger partial charge in [0.15, 0.2) is 0 Å². The zero-order chi connectivity index (χ0) is 9.26. The molecular weight excluding hydrogens is 166 g/mol. The van der Waals surface area contributed by atoms with E-state index < -0.39 is 0 Å². The Bertz CT molecular complexity index is 201. The van der Waals surface area contributed by atoms with Crippen LogP contribution in [0.15, 0.2) is 0 Å². The van der Waals surface area contributed by atoms with Crippen molar-refractivity contribution >= 4 is 5.91 Å². The number of likely N-dealkylation sites (tertiary alicyclic amines) is 1. The molecule has 3 nitrogen and oxygen atoms in total. The first-order valence-corrected chi connectivity index (χ1v) is 5.24. The summed E-state index contributed by atoms with van der Waals surface area (Å²) in [5, 5.41) is 9.12. The van der Waals surface area contributed by atoms with Crippen LogP contribution in [0.3, 0.4) is 0 Å². The summed E-state index contributed by atoms with van der Waals surface area (Å²) >= 11 is 0. The molecule has 1 saturated heterocycles. The van der Waals surface area contributed by atoms with Gasteiger partial charge in [0.1, 0.15) is 0 Å². The van der Waals surface area contributed by atoms with E-state index in [1.54, 1.807) is 0 Å². The van der Waals surface area contributed by atoms with Gasteiger partial charge < -0.3 is 10.0 Å². The number of aliphatic hydroxyl groups is 1. The average molecular weight is 183 g/mol. The van der Waals surface area contributed by atoms with Crippen LogP contribution in [-0.4, -0.2) is 35.1 Å². The lowest BCUT2D eigenvalue weighted by atomic mass is 10.0. The molecule has 3 heteroatoms. The second-order valence-corrected chi connectivity index (χ2v) is 4.14. The molecule has 0 aromatic rings. The summed E-state index contributed by atoms with van der Waals surface area (Å²) in [7, 11) is 0. The van der Waals surface area contributed by atoms with Gasteiger partial charge in [-0.15, -0.1) is 0 Å². The number of piperidine rings is 1. The maximum absolute atomic E-state index is 11.7. The minimum atomic E-state index is 0.113. The third-order valence-corrected chi connectivity index (χ3v) is 3.05. The van der Waals surface area contributed by atoms with Crippen molar-refractivity contribution in [2.45, 2.75) is 38.1 Å². The third kappa shape index (κ3) is 1.85. The summed E-state index contributed by atoms with van der Waals surface area (Å²) < 4.78 is 0. The fourth-order valence-electron chi connectivity index (χ4n) is 2.05.